The van der Waals surface area contributed by atoms with Crippen molar-refractivity contribution < 1.29 is 14.3 Å². The molecule has 0 heterocycles. The van der Waals surface area contributed by atoms with E-state index < -0.39 is 5.82 Å². The van der Waals surface area contributed by atoms with Crippen molar-refractivity contribution in [2.24, 2.45) is 5.92 Å². The molecule has 20 heavy (non-hydrogen) atoms. The van der Waals surface area contributed by atoms with Gasteiger partial charge in [0.1, 0.15) is 5.82 Å². The molecule has 0 radical (unpaired) electrons. The van der Waals surface area contributed by atoms with E-state index >= 15 is 0 Å². The Balaban J connectivity index is 2.40. The molecule has 0 saturated heterocycles. The first kappa shape index (κ1) is 16.7. The number of carbonyl (C=O) groups is 1. The normalized spacial score (nSPS) is 12.6. The van der Waals surface area contributed by atoms with Gasteiger partial charge in [-0.1, -0.05) is 24.6 Å². The Kier molecular flexibility index (Phi) is 7.26. The second-order valence-electron chi connectivity index (χ2n) is 4.69. The first-order valence-electron chi connectivity index (χ1n) is 6.55. The van der Waals surface area contributed by atoms with Crippen molar-refractivity contribution >= 4 is 23.6 Å². The number of aliphatic hydroxyl groups excluding tert-OH is 1. The van der Waals surface area contributed by atoms with Crippen LogP contribution in [0.4, 0.5) is 4.39 Å². The molecule has 3 nitrogen and oxygen atoms in total. The van der Waals surface area contributed by atoms with Crippen LogP contribution in [0.25, 0.3) is 6.08 Å². The zero-order valence-corrected chi connectivity index (χ0v) is 12.2. The van der Waals surface area contributed by atoms with Gasteiger partial charge in [0.15, 0.2) is 0 Å². The zero-order valence-electron chi connectivity index (χ0n) is 11.4. The fourth-order valence-electron chi connectivity index (χ4n) is 1.64. The second-order valence-corrected chi connectivity index (χ2v) is 5.10. The van der Waals surface area contributed by atoms with Crippen LogP contribution < -0.4 is 5.32 Å². The zero-order chi connectivity index (χ0) is 15.0. The summed E-state index contributed by atoms with van der Waals surface area (Å²) in [4.78, 5) is 11.5. The van der Waals surface area contributed by atoms with E-state index in [4.69, 9.17) is 16.7 Å². The van der Waals surface area contributed by atoms with E-state index in [9.17, 15) is 9.18 Å². The van der Waals surface area contributed by atoms with Crippen LogP contribution in [0, 0.1) is 11.7 Å². The maximum atomic E-state index is 13.4. The van der Waals surface area contributed by atoms with Crippen LogP contribution >= 0.6 is 11.6 Å². The number of hydrogen-bond acceptors (Lipinski definition) is 2. The van der Waals surface area contributed by atoms with Crippen molar-refractivity contribution in [2.45, 2.75) is 19.8 Å². The van der Waals surface area contributed by atoms with Gasteiger partial charge in [-0.3, -0.25) is 4.79 Å². The van der Waals surface area contributed by atoms with Crippen LogP contribution in [-0.4, -0.2) is 24.2 Å². The number of carbonyl (C=O) groups excluding carboxylic acids is 1. The van der Waals surface area contributed by atoms with Crippen molar-refractivity contribution in [1.82, 2.24) is 5.32 Å². The van der Waals surface area contributed by atoms with Gasteiger partial charge in [-0.15, -0.1) is 0 Å². The largest absolute Gasteiger partial charge is 0.396 e. The van der Waals surface area contributed by atoms with Crippen molar-refractivity contribution in [3.8, 4) is 0 Å². The van der Waals surface area contributed by atoms with E-state index in [1.165, 1.54) is 24.3 Å². The lowest BCUT2D eigenvalue weighted by Crippen LogP contribution is -2.22. The Bertz CT molecular complexity index is 457. The van der Waals surface area contributed by atoms with Crippen LogP contribution in [0.2, 0.25) is 5.02 Å². The maximum absolute atomic E-state index is 13.4. The van der Waals surface area contributed by atoms with Gasteiger partial charge in [0, 0.05) is 24.8 Å². The lowest BCUT2D eigenvalue weighted by atomic mass is 10.1. The fraction of sp³-hybridized carbons (Fsp3) is 0.400. The van der Waals surface area contributed by atoms with E-state index in [1.807, 2.05) is 6.92 Å². The van der Waals surface area contributed by atoms with E-state index in [1.54, 1.807) is 6.07 Å². The predicted octanol–water partition coefficient (Wildman–Crippen LogP) is 3.02. The van der Waals surface area contributed by atoms with Gasteiger partial charge >= 0.3 is 0 Å². The number of amides is 1. The Hall–Kier alpha value is -1.39. The molecule has 0 aromatic heterocycles. The summed E-state index contributed by atoms with van der Waals surface area (Å²) in [6.07, 6.45) is 4.27. The first-order valence-corrected chi connectivity index (χ1v) is 6.93. The molecule has 1 rings (SSSR count). The Morgan fingerprint density at radius 1 is 1.55 bits per heavy atom. The van der Waals surface area contributed by atoms with Crippen molar-refractivity contribution in [1.29, 1.82) is 0 Å². The SMILES string of the molecule is CC(CO)CCCNC(=O)/C=C/c1c(F)cccc1Cl. The van der Waals surface area contributed by atoms with E-state index in [0.717, 1.165) is 12.8 Å². The highest BCUT2D eigenvalue weighted by Gasteiger charge is 2.04. The van der Waals surface area contributed by atoms with Crippen LogP contribution in [0.15, 0.2) is 24.3 Å². The molecule has 110 valence electrons. The van der Waals surface area contributed by atoms with Crippen molar-refractivity contribution in [2.75, 3.05) is 13.2 Å². The second kappa shape index (κ2) is 8.72. The molecule has 0 aliphatic carbocycles. The van der Waals surface area contributed by atoms with Gasteiger partial charge in [0.2, 0.25) is 5.91 Å². The molecule has 1 aromatic carbocycles. The maximum Gasteiger partial charge on any atom is 0.244 e. The lowest BCUT2D eigenvalue weighted by molar-refractivity contribution is -0.116. The van der Waals surface area contributed by atoms with E-state index in [0.29, 0.717) is 6.54 Å². The van der Waals surface area contributed by atoms with Gasteiger partial charge in [0.25, 0.3) is 0 Å². The third kappa shape index (κ3) is 5.72. The summed E-state index contributed by atoms with van der Waals surface area (Å²) in [5, 5.41) is 11.8. The first-order chi connectivity index (χ1) is 9.54. The minimum atomic E-state index is -0.460. The minimum absolute atomic E-state index is 0.152. The standard InChI is InChI=1S/C15H19ClFNO2/c1-11(10-19)4-3-9-18-15(20)8-7-12-13(16)5-2-6-14(12)17/h2,5-8,11,19H,3-4,9-10H2,1H3,(H,18,20)/b8-7+. The third-order valence-corrected chi connectivity index (χ3v) is 3.22. The van der Waals surface area contributed by atoms with Gasteiger partial charge in [-0.25, -0.2) is 4.39 Å². The summed E-state index contributed by atoms with van der Waals surface area (Å²) in [5.41, 5.74) is 0.207. The molecule has 0 aliphatic heterocycles. The smallest absolute Gasteiger partial charge is 0.244 e. The topological polar surface area (TPSA) is 49.3 Å². The van der Waals surface area contributed by atoms with Gasteiger partial charge in [-0.05, 0) is 37.0 Å². The van der Waals surface area contributed by atoms with Crippen molar-refractivity contribution in [3.05, 3.63) is 40.7 Å². The fourth-order valence-corrected chi connectivity index (χ4v) is 1.87. The highest BCUT2D eigenvalue weighted by Crippen LogP contribution is 2.20. The molecule has 0 fully saturated rings. The van der Waals surface area contributed by atoms with Gasteiger partial charge in [0.05, 0.1) is 5.02 Å². The Morgan fingerprint density at radius 3 is 2.95 bits per heavy atom. The number of rotatable bonds is 7. The van der Waals surface area contributed by atoms with E-state index in [-0.39, 0.29) is 29.0 Å². The molecule has 1 atom stereocenters. The molecule has 2 N–H and O–H groups in total. The minimum Gasteiger partial charge on any atom is -0.396 e. The van der Waals surface area contributed by atoms with Gasteiger partial charge < -0.3 is 10.4 Å². The summed E-state index contributed by atoms with van der Waals surface area (Å²) in [6.45, 7) is 2.63. The summed E-state index contributed by atoms with van der Waals surface area (Å²) in [5.74, 6) is -0.515. The molecular formula is C15H19ClFNO2. The molecule has 0 spiro atoms. The molecule has 1 unspecified atom stereocenters. The molecule has 1 aromatic rings. The Labute approximate surface area is 123 Å². The molecule has 0 saturated carbocycles. The van der Waals surface area contributed by atoms with Crippen LogP contribution in [0.5, 0.6) is 0 Å². The van der Waals surface area contributed by atoms with Gasteiger partial charge in [-0.2, -0.15) is 0 Å². The quantitative estimate of drug-likeness (QED) is 0.600. The van der Waals surface area contributed by atoms with Crippen LogP contribution in [0.1, 0.15) is 25.3 Å². The summed E-state index contributed by atoms with van der Waals surface area (Å²) in [6, 6.07) is 4.37. The van der Waals surface area contributed by atoms with Crippen molar-refractivity contribution in [3.63, 3.8) is 0 Å². The highest BCUT2D eigenvalue weighted by molar-refractivity contribution is 6.32. The van der Waals surface area contributed by atoms with Crippen LogP contribution in [-0.2, 0) is 4.79 Å². The number of nitrogens with one attached hydrogen (secondary N) is 1. The lowest BCUT2D eigenvalue weighted by Gasteiger charge is -2.07. The number of aliphatic hydroxyl groups is 1. The molecule has 0 aliphatic rings. The average Bonchev–Trinajstić information content (AvgIpc) is 2.42. The molecule has 5 heteroatoms. The third-order valence-electron chi connectivity index (χ3n) is 2.89. The monoisotopic (exact) mass is 299 g/mol. The predicted molar refractivity (Wildman–Crippen MR) is 78.9 cm³/mol. The average molecular weight is 300 g/mol. The summed E-state index contributed by atoms with van der Waals surface area (Å²) in [7, 11) is 0. The number of hydrogen-bond donors (Lipinski definition) is 2. The Morgan fingerprint density at radius 2 is 2.30 bits per heavy atom. The van der Waals surface area contributed by atoms with Crippen LogP contribution in [0.3, 0.4) is 0 Å². The molecule has 0 bridgehead atoms. The highest BCUT2D eigenvalue weighted by atomic mass is 35.5. The molecular weight excluding hydrogens is 281 g/mol. The number of halogens is 2. The number of benzene rings is 1. The molecule has 1 amide bonds. The summed E-state index contributed by atoms with van der Waals surface area (Å²) >= 11 is 5.84. The van der Waals surface area contributed by atoms with E-state index in [2.05, 4.69) is 5.32 Å². The summed E-state index contributed by atoms with van der Waals surface area (Å²) < 4.78 is 13.4.